The van der Waals surface area contributed by atoms with Crippen molar-refractivity contribution in [3.05, 3.63) is 57.0 Å². The highest BCUT2D eigenvalue weighted by atomic mass is 35.5. The Bertz CT molecular complexity index is 606. The van der Waals surface area contributed by atoms with Crippen molar-refractivity contribution >= 4 is 40.6 Å². The fourth-order valence-corrected chi connectivity index (χ4v) is 2.46. The van der Waals surface area contributed by atoms with E-state index in [1.165, 1.54) is 0 Å². The molecule has 2 nitrogen and oxygen atoms in total. The van der Waals surface area contributed by atoms with Gasteiger partial charge in [0.05, 0.1) is 5.02 Å². The van der Waals surface area contributed by atoms with Gasteiger partial charge in [-0.2, -0.15) is 0 Å². The SMILES string of the molecule is N=C(N)c1ccc(Cl)c(-c2ccc(Cl)cc2)c1Cl. The molecular weight excluding hydrogens is 291 g/mol. The first-order chi connectivity index (χ1) is 8.50. The van der Waals surface area contributed by atoms with Gasteiger partial charge in [-0.05, 0) is 29.8 Å². The van der Waals surface area contributed by atoms with E-state index < -0.39 is 0 Å². The number of rotatable bonds is 2. The summed E-state index contributed by atoms with van der Waals surface area (Å²) in [5.74, 6) is -0.0909. The summed E-state index contributed by atoms with van der Waals surface area (Å²) in [6, 6.07) is 10.5. The van der Waals surface area contributed by atoms with Crippen molar-refractivity contribution < 1.29 is 0 Å². The minimum atomic E-state index is -0.0909. The topological polar surface area (TPSA) is 49.9 Å². The zero-order valence-corrected chi connectivity index (χ0v) is 11.4. The number of nitrogen functional groups attached to an aromatic ring is 1. The molecule has 0 amide bonds. The molecule has 2 rings (SSSR count). The third kappa shape index (κ3) is 2.46. The minimum Gasteiger partial charge on any atom is -0.384 e. The number of amidine groups is 1. The number of nitrogens with two attached hydrogens (primary N) is 1. The molecule has 0 bridgehead atoms. The van der Waals surface area contributed by atoms with Gasteiger partial charge in [0.25, 0.3) is 0 Å². The van der Waals surface area contributed by atoms with E-state index in [9.17, 15) is 0 Å². The summed E-state index contributed by atoms with van der Waals surface area (Å²) >= 11 is 18.2. The number of halogens is 3. The Balaban J connectivity index is 2.66. The van der Waals surface area contributed by atoms with Crippen molar-refractivity contribution in [2.24, 2.45) is 5.73 Å². The van der Waals surface area contributed by atoms with E-state index in [4.69, 9.17) is 45.9 Å². The van der Waals surface area contributed by atoms with Crippen LogP contribution in [-0.4, -0.2) is 5.84 Å². The highest BCUT2D eigenvalue weighted by Gasteiger charge is 2.14. The average molecular weight is 300 g/mol. The summed E-state index contributed by atoms with van der Waals surface area (Å²) in [7, 11) is 0. The van der Waals surface area contributed by atoms with Gasteiger partial charge < -0.3 is 5.73 Å². The Kier molecular flexibility index (Phi) is 3.81. The first kappa shape index (κ1) is 13.2. The summed E-state index contributed by atoms with van der Waals surface area (Å²) in [6.45, 7) is 0. The highest BCUT2D eigenvalue weighted by Crippen LogP contribution is 2.37. The van der Waals surface area contributed by atoms with E-state index in [0.717, 1.165) is 5.56 Å². The van der Waals surface area contributed by atoms with E-state index in [0.29, 0.717) is 26.2 Å². The van der Waals surface area contributed by atoms with Crippen LogP contribution < -0.4 is 5.73 Å². The molecule has 0 saturated carbocycles. The average Bonchev–Trinajstić information content (AvgIpc) is 2.31. The highest BCUT2D eigenvalue weighted by molar-refractivity contribution is 6.41. The lowest BCUT2D eigenvalue weighted by atomic mass is 10.0. The van der Waals surface area contributed by atoms with Gasteiger partial charge in [0.2, 0.25) is 0 Å². The lowest BCUT2D eigenvalue weighted by Gasteiger charge is -2.11. The van der Waals surface area contributed by atoms with Gasteiger partial charge in [0.15, 0.2) is 0 Å². The maximum atomic E-state index is 7.47. The maximum absolute atomic E-state index is 7.47. The van der Waals surface area contributed by atoms with Crippen LogP contribution >= 0.6 is 34.8 Å². The van der Waals surface area contributed by atoms with Crippen molar-refractivity contribution in [2.45, 2.75) is 0 Å². The zero-order valence-electron chi connectivity index (χ0n) is 9.18. The van der Waals surface area contributed by atoms with E-state index in [1.54, 1.807) is 24.3 Å². The van der Waals surface area contributed by atoms with Crippen LogP contribution in [0.2, 0.25) is 15.1 Å². The molecule has 5 heteroatoms. The second-order valence-corrected chi connectivity index (χ2v) is 4.93. The summed E-state index contributed by atoms with van der Waals surface area (Å²) in [5, 5.41) is 8.98. The molecule has 18 heavy (non-hydrogen) atoms. The molecular formula is C13H9Cl3N2. The van der Waals surface area contributed by atoms with Crippen molar-refractivity contribution in [3.63, 3.8) is 0 Å². The summed E-state index contributed by atoms with van der Waals surface area (Å²) in [5.41, 5.74) is 7.42. The molecule has 3 N–H and O–H groups in total. The third-order valence-corrected chi connectivity index (χ3v) is 3.47. The van der Waals surface area contributed by atoms with Gasteiger partial charge >= 0.3 is 0 Å². The molecule has 0 radical (unpaired) electrons. The van der Waals surface area contributed by atoms with Gasteiger partial charge in [-0.15, -0.1) is 0 Å². The number of nitrogens with one attached hydrogen (secondary N) is 1. The number of hydrogen-bond acceptors (Lipinski definition) is 1. The fourth-order valence-electron chi connectivity index (χ4n) is 1.64. The molecule has 0 saturated heterocycles. The van der Waals surface area contributed by atoms with Crippen LogP contribution in [0.5, 0.6) is 0 Å². The normalized spacial score (nSPS) is 10.4. The van der Waals surface area contributed by atoms with E-state index in [-0.39, 0.29) is 5.84 Å². The third-order valence-electron chi connectivity index (χ3n) is 2.51. The Morgan fingerprint density at radius 3 is 2.11 bits per heavy atom. The molecule has 0 unspecified atom stereocenters. The first-order valence-corrected chi connectivity index (χ1v) is 6.22. The number of hydrogen-bond donors (Lipinski definition) is 2. The van der Waals surface area contributed by atoms with Gasteiger partial charge in [0.1, 0.15) is 5.84 Å². The predicted molar refractivity (Wildman–Crippen MR) is 77.9 cm³/mol. The first-order valence-electron chi connectivity index (χ1n) is 5.09. The molecule has 0 aliphatic heterocycles. The lowest BCUT2D eigenvalue weighted by Crippen LogP contribution is -2.12. The largest absolute Gasteiger partial charge is 0.384 e. The zero-order chi connectivity index (χ0) is 13.3. The monoisotopic (exact) mass is 298 g/mol. The molecule has 0 heterocycles. The van der Waals surface area contributed by atoms with Gasteiger partial charge in [-0.25, -0.2) is 0 Å². The molecule has 0 spiro atoms. The number of benzene rings is 2. The molecule has 0 aliphatic carbocycles. The van der Waals surface area contributed by atoms with Gasteiger partial charge in [-0.1, -0.05) is 46.9 Å². The van der Waals surface area contributed by atoms with Crippen LogP contribution in [0.1, 0.15) is 5.56 Å². The van der Waals surface area contributed by atoms with Crippen molar-refractivity contribution in [1.29, 1.82) is 5.41 Å². The van der Waals surface area contributed by atoms with Gasteiger partial charge in [-0.3, -0.25) is 5.41 Å². The molecule has 0 aliphatic rings. The summed E-state index contributed by atoms with van der Waals surface area (Å²) in [4.78, 5) is 0. The molecule has 0 aromatic heterocycles. The fraction of sp³-hybridized carbons (Fsp3) is 0. The van der Waals surface area contributed by atoms with Crippen LogP contribution in [0.4, 0.5) is 0 Å². The standard InChI is InChI=1S/C13H9Cl3N2/c14-8-3-1-7(2-4-8)11-10(15)6-5-9(12(11)16)13(17)18/h1-6H,(H3,17,18). The van der Waals surface area contributed by atoms with Crippen LogP contribution in [0.15, 0.2) is 36.4 Å². The minimum absolute atomic E-state index is 0.0909. The molecule has 0 atom stereocenters. The lowest BCUT2D eigenvalue weighted by molar-refractivity contribution is 1.42. The Morgan fingerprint density at radius 1 is 0.944 bits per heavy atom. The Morgan fingerprint density at radius 2 is 1.56 bits per heavy atom. The maximum Gasteiger partial charge on any atom is 0.124 e. The van der Waals surface area contributed by atoms with Gasteiger partial charge in [0, 0.05) is 21.2 Å². The van der Waals surface area contributed by atoms with E-state index in [1.807, 2.05) is 12.1 Å². The molecule has 92 valence electrons. The van der Waals surface area contributed by atoms with E-state index >= 15 is 0 Å². The molecule has 2 aromatic carbocycles. The van der Waals surface area contributed by atoms with Crippen LogP contribution in [-0.2, 0) is 0 Å². The van der Waals surface area contributed by atoms with Crippen molar-refractivity contribution in [1.82, 2.24) is 0 Å². The summed E-state index contributed by atoms with van der Waals surface area (Å²) in [6.07, 6.45) is 0. The van der Waals surface area contributed by atoms with Crippen molar-refractivity contribution in [3.8, 4) is 11.1 Å². The summed E-state index contributed by atoms with van der Waals surface area (Å²) < 4.78 is 0. The quantitative estimate of drug-likeness (QED) is 0.618. The van der Waals surface area contributed by atoms with E-state index in [2.05, 4.69) is 0 Å². The Labute approximate surface area is 120 Å². The Hall–Kier alpha value is -1.22. The smallest absolute Gasteiger partial charge is 0.124 e. The second kappa shape index (κ2) is 5.19. The van der Waals surface area contributed by atoms with Crippen LogP contribution in [0.3, 0.4) is 0 Å². The second-order valence-electron chi connectivity index (χ2n) is 3.70. The molecule has 2 aromatic rings. The molecule has 0 fully saturated rings. The van der Waals surface area contributed by atoms with Crippen LogP contribution in [0.25, 0.3) is 11.1 Å². The van der Waals surface area contributed by atoms with Crippen molar-refractivity contribution in [2.75, 3.05) is 0 Å². The predicted octanol–water partition coefficient (Wildman–Crippen LogP) is 4.60. The van der Waals surface area contributed by atoms with Crippen LogP contribution in [0, 0.1) is 5.41 Å².